The van der Waals surface area contributed by atoms with Crippen molar-refractivity contribution in [1.29, 1.82) is 0 Å². The third kappa shape index (κ3) is 4.56. The molecule has 0 saturated heterocycles. The van der Waals surface area contributed by atoms with Gasteiger partial charge in [0, 0.05) is 12.6 Å². The second-order valence-electron chi connectivity index (χ2n) is 5.26. The van der Waals surface area contributed by atoms with Crippen LogP contribution in [-0.4, -0.2) is 18.1 Å². The molecule has 19 heavy (non-hydrogen) atoms. The molecule has 0 saturated carbocycles. The first kappa shape index (κ1) is 15.5. The van der Waals surface area contributed by atoms with Crippen molar-refractivity contribution >= 4 is 5.91 Å². The van der Waals surface area contributed by atoms with Gasteiger partial charge in [0.15, 0.2) is 6.10 Å². The molecule has 1 aromatic carbocycles. The molecular weight excluding hydrogens is 240 g/mol. The standard InChI is InChI=1S/C15H24N2O2/c1-9(2)17-8-13-6-10(3)14(11(4)7-13)19-12(5)15(16)18/h6-7,9,12,17H,8H2,1-5H3,(H2,16,18). The van der Waals surface area contributed by atoms with Gasteiger partial charge in [-0.3, -0.25) is 4.79 Å². The topological polar surface area (TPSA) is 64.3 Å². The Hall–Kier alpha value is -1.55. The summed E-state index contributed by atoms with van der Waals surface area (Å²) >= 11 is 0. The Labute approximate surface area is 115 Å². The van der Waals surface area contributed by atoms with E-state index < -0.39 is 12.0 Å². The summed E-state index contributed by atoms with van der Waals surface area (Å²) < 4.78 is 5.62. The van der Waals surface area contributed by atoms with E-state index in [-0.39, 0.29) is 0 Å². The molecular formula is C15H24N2O2. The second kappa shape index (κ2) is 6.57. The summed E-state index contributed by atoms with van der Waals surface area (Å²) in [5.41, 5.74) is 8.48. The van der Waals surface area contributed by atoms with Crippen LogP contribution >= 0.6 is 0 Å². The second-order valence-corrected chi connectivity index (χ2v) is 5.26. The minimum atomic E-state index is -0.614. The average molecular weight is 264 g/mol. The molecule has 0 aliphatic heterocycles. The fraction of sp³-hybridized carbons (Fsp3) is 0.533. The van der Waals surface area contributed by atoms with Crippen molar-refractivity contribution < 1.29 is 9.53 Å². The molecule has 1 atom stereocenters. The number of carbonyl (C=O) groups is 1. The van der Waals surface area contributed by atoms with E-state index in [1.54, 1.807) is 6.92 Å². The van der Waals surface area contributed by atoms with Crippen LogP contribution in [0.3, 0.4) is 0 Å². The lowest BCUT2D eigenvalue weighted by atomic mass is 10.1. The first-order chi connectivity index (χ1) is 8.81. The molecule has 0 aliphatic carbocycles. The zero-order chi connectivity index (χ0) is 14.6. The Kier molecular flexibility index (Phi) is 5.36. The van der Waals surface area contributed by atoms with Gasteiger partial charge in [0.05, 0.1) is 0 Å². The number of aryl methyl sites for hydroxylation is 2. The van der Waals surface area contributed by atoms with Crippen LogP contribution in [0, 0.1) is 13.8 Å². The van der Waals surface area contributed by atoms with Gasteiger partial charge in [0.2, 0.25) is 0 Å². The van der Waals surface area contributed by atoms with Gasteiger partial charge < -0.3 is 15.8 Å². The summed E-state index contributed by atoms with van der Waals surface area (Å²) in [5, 5.41) is 3.38. The van der Waals surface area contributed by atoms with Crippen molar-refractivity contribution in [3.63, 3.8) is 0 Å². The number of hydrogen-bond acceptors (Lipinski definition) is 3. The van der Waals surface area contributed by atoms with Crippen molar-refractivity contribution in [1.82, 2.24) is 5.32 Å². The Balaban J connectivity index is 2.88. The first-order valence-corrected chi connectivity index (χ1v) is 6.60. The summed E-state index contributed by atoms with van der Waals surface area (Å²) in [4.78, 5) is 11.1. The van der Waals surface area contributed by atoms with Crippen LogP contribution in [0.15, 0.2) is 12.1 Å². The van der Waals surface area contributed by atoms with Gasteiger partial charge in [-0.05, 0) is 37.5 Å². The molecule has 106 valence electrons. The number of primary amides is 1. The minimum Gasteiger partial charge on any atom is -0.480 e. The quantitative estimate of drug-likeness (QED) is 0.826. The van der Waals surface area contributed by atoms with Gasteiger partial charge in [0.1, 0.15) is 5.75 Å². The number of hydrogen-bond donors (Lipinski definition) is 2. The van der Waals surface area contributed by atoms with Gasteiger partial charge in [-0.2, -0.15) is 0 Å². The smallest absolute Gasteiger partial charge is 0.258 e. The molecule has 0 aliphatic rings. The first-order valence-electron chi connectivity index (χ1n) is 6.60. The number of nitrogens with two attached hydrogens (primary N) is 1. The van der Waals surface area contributed by atoms with E-state index in [1.165, 1.54) is 5.56 Å². The van der Waals surface area contributed by atoms with Crippen LogP contribution in [0.5, 0.6) is 5.75 Å². The van der Waals surface area contributed by atoms with Crippen LogP contribution in [0.2, 0.25) is 0 Å². The van der Waals surface area contributed by atoms with Crippen LogP contribution in [-0.2, 0) is 11.3 Å². The third-order valence-corrected chi connectivity index (χ3v) is 2.93. The van der Waals surface area contributed by atoms with E-state index in [0.717, 1.165) is 23.4 Å². The van der Waals surface area contributed by atoms with Crippen molar-refractivity contribution in [2.75, 3.05) is 0 Å². The van der Waals surface area contributed by atoms with E-state index in [4.69, 9.17) is 10.5 Å². The Morgan fingerprint density at radius 1 is 1.26 bits per heavy atom. The number of benzene rings is 1. The Bertz CT molecular complexity index is 432. The third-order valence-electron chi connectivity index (χ3n) is 2.93. The summed E-state index contributed by atoms with van der Waals surface area (Å²) in [6.45, 7) is 10.7. The number of rotatable bonds is 6. The van der Waals surface area contributed by atoms with Crippen LogP contribution in [0.1, 0.15) is 37.5 Å². The minimum absolute atomic E-state index is 0.450. The zero-order valence-electron chi connectivity index (χ0n) is 12.4. The van der Waals surface area contributed by atoms with E-state index in [2.05, 4.69) is 31.3 Å². The van der Waals surface area contributed by atoms with Crippen LogP contribution in [0.25, 0.3) is 0 Å². The van der Waals surface area contributed by atoms with Gasteiger partial charge >= 0.3 is 0 Å². The molecule has 1 aromatic rings. The SMILES string of the molecule is Cc1cc(CNC(C)C)cc(C)c1OC(C)C(N)=O. The highest BCUT2D eigenvalue weighted by Gasteiger charge is 2.14. The molecule has 0 bridgehead atoms. The van der Waals surface area contributed by atoms with E-state index in [0.29, 0.717) is 6.04 Å². The highest BCUT2D eigenvalue weighted by Crippen LogP contribution is 2.25. The van der Waals surface area contributed by atoms with Crippen molar-refractivity contribution in [3.05, 3.63) is 28.8 Å². The van der Waals surface area contributed by atoms with Gasteiger partial charge in [-0.15, -0.1) is 0 Å². The monoisotopic (exact) mass is 264 g/mol. The summed E-state index contributed by atoms with van der Waals surface area (Å²) in [7, 11) is 0. The lowest BCUT2D eigenvalue weighted by Gasteiger charge is -2.17. The average Bonchev–Trinajstić information content (AvgIpc) is 2.30. The summed E-state index contributed by atoms with van der Waals surface area (Å²) in [6.07, 6.45) is -0.614. The molecule has 0 radical (unpaired) electrons. The molecule has 3 N–H and O–H groups in total. The largest absolute Gasteiger partial charge is 0.480 e. The summed E-state index contributed by atoms with van der Waals surface area (Å²) in [6, 6.07) is 4.60. The number of nitrogens with one attached hydrogen (secondary N) is 1. The molecule has 1 unspecified atom stereocenters. The van der Waals surface area contributed by atoms with Crippen molar-refractivity contribution in [2.24, 2.45) is 5.73 Å². The normalized spacial score (nSPS) is 12.5. The fourth-order valence-electron chi connectivity index (χ4n) is 1.88. The maximum atomic E-state index is 11.1. The molecule has 4 heteroatoms. The fourth-order valence-corrected chi connectivity index (χ4v) is 1.88. The van der Waals surface area contributed by atoms with Crippen molar-refractivity contribution in [2.45, 2.75) is 53.3 Å². The highest BCUT2D eigenvalue weighted by molar-refractivity contribution is 5.78. The number of ether oxygens (including phenoxy) is 1. The van der Waals surface area contributed by atoms with Crippen LogP contribution in [0.4, 0.5) is 0 Å². The van der Waals surface area contributed by atoms with Gasteiger partial charge in [-0.25, -0.2) is 0 Å². The molecule has 1 rings (SSSR count). The highest BCUT2D eigenvalue weighted by atomic mass is 16.5. The molecule has 0 fully saturated rings. The van der Waals surface area contributed by atoms with E-state index in [9.17, 15) is 4.79 Å². The molecule has 1 amide bonds. The van der Waals surface area contributed by atoms with Crippen molar-refractivity contribution in [3.8, 4) is 5.75 Å². The van der Waals surface area contributed by atoms with E-state index >= 15 is 0 Å². The Morgan fingerprint density at radius 2 is 1.79 bits per heavy atom. The molecule has 0 heterocycles. The summed E-state index contributed by atoms with van der Waals surface area (Å²) in [5.74, 6) is 0.295. The zero-order valence-corrected chi connectivity index (χ0v) is 12.4. The predicted molar refractivity (Wildman–Crippen MR) is 77.2 cm³/mol. The van der Waals surface area contributed by atoms with Crippen LogP contribution < -0.4 is 15.8 Å². The Morgan fingerprint density at radius 3 is 2.21 bits per heavy atom. The maximum absolute atomic E-state index is 11.1. The predicted octanol–water partition coefficient (Wildman–Crippen LogP) is 2.05. The number of amides is 1. The molecule has 0 aromatic heterocycles. The molecule has 4 nitrogen and oxygen atoms in total. The van der Waals surface area contributed by atoms with E-state index in [1.807, 2.05) is 13.8 Å². The lowest BCUT2D eigenvalue weighted by molar-refractivity contribution is -0.124. The van der Waals surface area contributed by atoms with Gasteiger partial charge in [-0.1, -0.05) is 26.0 Å². The molecule has 0 spiro atoms. The lowest BCUT2D eigenvalue weighted by Crippen LogP contribution is -2.31. The maximum Gasteiger partial charge on any atom is 0.258 e. The van der Waals surface area contributed by atoms with Gasteiger partial charge in [0.25, 0.3) is 5.91 Å². The number of carbonyl (C=O) groups excluding carboxylic acids is 1.